The maximum Gasteiger partial charge on any atom is 0.0459 e. The summed E-state index contributed by atoms with van der Waals surface area (Å²) in [5, 5.41) is 3.52. The zero-order valence-corrected chi connectivity index (χ0v) is 12.3. The van der Waals surface area contributed by atoms with E-state index in [1.807, 2.05) is 0 Å². The molecule has 2 nitrogen and oxygen atoms in total. The number of rotatable bonds is 4. The van der Waals surface area contributed by atoms with Crippen LogP contribution in [0.1, 0.15) is 31.0 Å². The van der Waals surface area contributed by atoms with Crippen LogP contribution in [-0.4, -0.2) is 13.1 Å². The Hall–Kier alpha value is -1.80. The number of fused-ring (bicyclic) bond motifs is 1. The molecule has 1 atom stereocenters. The van der Waals surface area contributed by atoms with E-state index in [-0.39, 0.29) is 0 Å². The Balaban J connectivity index is 2.00. The highest BCUT2D eigenvalue weighted by molar-refractivity contribution is 5.72. The number of para-hydroxylation sites is 2. The Morgan fingerprint density at radius 1 is 1.05 bits per heavy atom. The van der Waals surface area contributed by atoms with Gasteiger partial charge >= 0.3 is 0 Å². The Morgan fingerprint density at radius 3 is 2.55 bits per heavy atom. The molecule has 2 heteroatoms. The van der Waals surface area contributed by atoms with Crippen molar-refractivity contribution in [1.82, 2.24) is 5.32 Å². The molecule has 0 radical (unpaired) electrons. The quantitative estimate of drug-likeness (QED) is 0.898. The standard InChI is InChI=1S/C18H22N2/c1-3-19-14(2)16-9-5-7-11-18(16)20-13-12-15-8-4-6-10-17(15)20/h4-11,14,19H,3,12-13H2,1-2H3. The van der Waals surface area contributed by atoms with Gasteiger partial charge < -0.3 is 10.2 Å². The van der Waals surface area contributed by atoms with Crippen molar-refractivity contribution in [3.63, 3.8) is 0 Å². The third-order valence-electron chi connectivity index (χ3n) is 4.09. The number of hydrogen-bond acceptors (Lipinski definition) is 2. The Bertz CT molecular complexity index is 591. The van der Waals surface area contributed by atoms with Gasteiger partial charge in [-0.15, -0.1) is 0 Å². The van der Waals surface area contributed by atoms with E-state index in [0.29, 0.717) is 6.04 Å². The number of hydrogen-bond donors (Lipinski definition) is 1. The summed E-state index contributed by atoms with van der Waals surface area (Å²) in [7, 11) is 0. The van der Waals surface area contributed by atoms with Gasteiger partial charge in [0.05, 0.1) is 0 Å². The molecule has 3 rings (SSSR count). The molecule has 0 fully saturated rings. The molecule has 0 saturated heterocycles. The fourth-order valence-electron chi connectivity index (χ4n) is 3.10. The molecule has 1 unspecified atom stereocenters. The third-order valence-corrected chi connectivity index (χ3v) is 4.09. The summed E-state index contributed by atoms with van der Waals surface area (Å²) in [4.78, 5) is 2.46. The number of benzene rings is 2. The minimum absolute atomic E-state index is 0.379. The Labute approximate surface area is 121 Å². The Morgan fingerprint density at radius 2 is 1.75 bits per heavy atom. The fourth-order valence-corrected chi connectivity index (χ4v) is 3.10. The first-order valence-corrected chi connectivity index (χ1v) is 7.49. The largest absolute Gasteiger partial charge is 0.341 e. The van der Waals surface area contributed by atoms with Crippen molar-refractivity contribution < 1.29 is 0 Å². The summed E-state index contributed by atoms with van der Waals surface area (Å²) in [5.74, 6) is 0. The van der Waals surface area contributed by atoms with Gasteiger partial charge in [-0.1, -0.05) is 43.3 Å². The number of anilines is 2. The highest BCUT2D eigenvalue weighted by atomic mass is 15.2. The second-order valence-electron chi connectivity index (χ2n) is 5.37. The monoisotopic (exact) mass is 266 g/mol. The van der Waals surface area contributed by atoms with Gasteiger partial charge in [0, 0.05) is 24.0 Å². The fraction of sp³-hybridized carbons (Fsp3) is 0.333. The summed E-state index contributed by atoms with van der Waals surface area (Å²) in [6, 6.07) is 17.9. The highest BCUT2D eigenvalue weighted by Gasteiger charge is 2.22. The van der Waals surface area contributed by atoms with Crippen molar-refractivity contribution in [2.75, 3.05) is 18.0 Å². The van der Waals surface area contributed by atoms with Crippen LogP contribution < -0.4 is 10.2 Å². The first-order chi connectivity index (χ1) is 9.81. The molecule has 0 spiro atoms. The van der Waals surface area contributed by atoms with Crippen LogP contribution in [-0.2, 0) is 6.42 Å². The summed E-state index contributed by atoms with van der Waals surface area (Å²) in [6.07, 6.45) is 1.14. The van der Waals surface area contributed by atoms with Gasteiger partial charge in [-0.05, 0) is 43.1 Å². The highest BCUT2D eigenvalue weighted by Crippen LogP contribution is 2.37. The molecular formula is C18H22N2. The summed E-state index contributed by atoms with van der Waals surface area (Å²) < 4.78 is 0. The van der Waals surface area contributed by atoms with Crippen LogP contribution in [0.15, 0.2) is 48.5 Å². The normalized spacial score (nSPS) is 15.2. The van der Waals surface area contributed by atoms with Gasteiger partial charge in [0.15, 0.2) is 0 Å². The SMILES string of the molecule is CCNC(C)c1ccccc1N1CCc2ccccc21. The smallest absolute Gasteiger partial charge is 0.0459 e. The average molecular weight is 266 g/mol. The molecule has 0 aromatic heterocycles. The van der Waals surface area contributed by atoms with Crippen molar-refractivity contribution in [1.29, 1.82) is 0 Å². The molecule has 2 aromatic carbocycles. The predicted molar refractivity (Wildman–Crippen MR) is 85.7 cm³/mol. The maximum absolute atomic E-state index is 3.52. The molecule has 0 bridgehead atoms. The van der Waals surface area contributed by atoms with Gasteiger partial charge in [0.1, 0.15) is 0 Å². The molecule has 104 valence electrons. The van der Waals surface area contributed by atoms with E-state index in [4.69, 9.17) is 0 Å². The van der Waals surface area contributed by atoms with Crippen LogP contribution in [0.4, 0.5) is 11.4 Å². The zero-order valence-electron chi connectivity index (χ0n) is 12.3. The molecule has 1 aliphatic rings. The van der Waals surface area contributed by atoms with Crippen molar-refractivity contribution >= 4 is 11.4 Å². The minimum atomic E-state index is 0.379. The van der Waals surface area contributed by atoms with Gasteiger partial charge in [0.25, 0.3) is 0 Å². The lowest BCUT2D eigenvalue weighted by atomic mass is 10.0. The van der Waals surface area contributed by atoms with Crippen LogP contribution >= 0.6 is 0 Å². The van der Waals surface area contributed by atoms with E-state index in [2.05, 4.69) is 72.6 Å². The summed E-state index contributed by atoms with van der Waals surface area (Å²) >= 11 is 0. The summed E-state index contributed by atoms with van der Waals surface area (Å²) in [6.45, 7) is 6.47. The average Bonchev–Trinajstić information content (AvgIpc) is 2.91. The van der Waals surface area contributed by atoms with E-state index in [1.165, 1.54) is 22.5 Å². The second kappa shape index (κ2) is 5.68. The van der Waals surface area contributed by atoms with E-state index in [0.717, 1.165) is 19.5 Å². The van der Waals surface area contributed by atoms with E-state index in [1.54, 1.807) is 0 Å². The van der Waals surface area contributed by atoms with Crippen LogP contribution in [0.3, 0.4) is 0 Å². The van der Waals surface area contributed by atoms with E-state index < -0.39 is 0 Å². The topological polar surface area (TPSA) is 15.3 Å². The second-order valence-corrected chi connectivity index (χ2v) is 5.37. The molecular weight excluding hydrogens is 244 g/mol. The first kappa shape index (κ1) is 13.2. The number of nitrogens with one attached hydrogen (secondary N) is 1. The van der Waals surface area contributed by atoms with Gasteiger partial charge in [-0.2, -0.15) is 0 Å². The zero-order chi connectivity index (χ0) is 13.9. The van der Waals surface area contributed by atoms with Crippen LogP contribution in [0.25, 0.3) is 0 Å². The molecule has 1 heterocycles. The van der Waals surface area contributed by atoms with Crippen molar-refractivity contribution in [3.8, 4) is 0 Å². The molecule has 1 aliphatic heterocycles. The van der Waals surface area contributed by atoms with Crippen molar-refractivity contribution in [3.05, 3.63) is 59.7 Å². The molecule has 0 aliphatic carbocycles. The Kier molecular flexibility index (Phi) is 3.75. The van der Waals surface area contributed by atoms with Crippen molar-refractivity contribution in [2.45, 2.75) is 26.3 Å². The van der Waals surface area contributed by atoms with Gasteiger partial charge in [0.2, 0.25) is 0 Å². The third kappa shape index (κ3) is 2.32. The molecule has 1 N–H and O–H groups in total. The molecule has 2 aromatic rings. The van der Waals surface area contributed by atoms with E-state index in [9.17, 15) is 0 Å². The molecule has 0 amide bonds. The van der Waals surface area contributed by atoms with Crippen LogP contribution in [0.2, 0.25) is 0 Å². The van der Waals surface area contributed by atoms with Gasteiger partial charge in [-0.3, -0.25) is 0 Å². The van der Waals surface area contributed by atoms with Gasteiger partial charge in [-0.25, -0.2) is 0 Å². The predicted octanol–water partition coefficient (Wildman–Crippen LogP) is 4.05. The number of nitrogens with zero attached hydrogens (tertiary/aromatic N) is 1. The molecule has 20 heavy (non-hydrogen) atoms. The lowest BCUT2D eigenvalue weighted by Crippen LogP contribution is -2.22. The van der Waals surface area contributed by atoms with Crippen molar-refractivity contribution in [2.24, 2.45) is 0 Å². The minimum Gasteiger partial charge on any atom is -0.341 e. The van der Waals surface area contributed by atoms with E-state index >= 15 is 0 Å². The first-order valence-electron chi connectivity index (χ1n) is 7.49. The van der Waals surface area contributed by atoms with Crippen LogP contribution in [0.5, 0.6) is 0 Å². The molecule has 0 saturated carbocycles. The maximum atomic E-state index is 3.52. The van der Waals surface area contributed by atoms with Crippen LogP contribution in [0, 0.1) is 0 Å². The summed E-state index contributed by atoms with van der Waals surface area (Å²) in [5.41, 5.74) is 5.54. The lowest BCUT2D eigenvalue weighted by Gasteiger charge is -2.25. The lowest BCUT2D eigenvalue weighted by molar-refractivity contribution is 0.598.